The quantitative estimate of drug-likeness (QED) is 0.600. The predicted molar refractivity (Wildman–Crippen MR) is 39.1 cm³/mol. The molecule has 0 fully saturated rings. The fraction of sp³-hybridized carbons (Fsp3) is 0.600. The molecule has 0 aliphatic rings. The smallest absolute Gasteiger partial charge is 0.336 e. The zero-order valence-corrected chi connectivity index (χ0v) is 7.06. The Morgan fingerprint density at radius 2 is 2.00 bits per heavy atom. The van der Waals surface area contributed by atoms with Gasteiger partial charge in [-0.25, -0.2) is 4.79 Å². The van der Waals surface area contributed by atoms with Crippen molar-refractivity contribution in [2.75, 3.05) is 0 Å². The van der Waals surface area contributed by atoms with E-state index in [2.05, 4.69) is 4.52 Å². The van der Waals surface area contributed by atoms with E-state index < -0.39 is 24.0 Å². The first-order valence-corrected chi connectivity index (χ1v) is 3.22. The normalized spacial score (nSPS) is 15.5. The molecule has 2 atom stereocenters. The average Bonchev–Trinajstić information content (AvgIpc) is 1.86. The van der Waals surface area contributed by atoms with Crippen LogP contribution in [0.15, 0.2) is 0 Å². The van der Waals surface area contributed by atoms with Gasteiger partial charge in [0.15, 0.2) is 5.60 Å². The molecule has 0 saturated carbocycles. The van der Waals surface area contributed by atoms with E-state index in [-0.39, 0.29) is 0 Å². The lowest BCUT2D eigenvalue weighted by Gasteiger charge is -2.19. The van der Waals surface area contributed by atoms with E-state index in [1.165, 1.54) is 6.92 Å². The van der Waals surface area contributed by atoms with Crippen molar-refractivity contribution in [3.8, 4) is 0 Å². The maximum atomic E-state index is 10.4. The van der Waals surface area contributed by atoms with Crippen molar-refractivity contribution in [3.63, 3.8) is 0 Å². The number of aliphatic carboxylic acids is 2. The molecule has 0 bridgehead atoms. The van der Waals surface area contributed by atoms with Crippen molar-refractivity contribution >= 4 is 21.4 Å². The second-order valence-electron chi connectivity index (χ2n) is 2.22. The third-order valence-corrected chi connectivity index (χ3v) is 1.72. The molecule has 0 amide bonds. The standard InChI is InChI=1S/C5H9O5P/c1-5(10-11,4(8)9)2-3(6)7/h2,11H2,1H3,(H,6,7)(H,8,9). The molecule has 6 heteroatoms. The molecule has 0 aliphatic carbocycles. The van der Waals surface area contributed by atoms with Gasteiger partial charge in [0.2, 0.25) is 0 Å². The zero-order chi connectivity index (χ0) is 9.07. The van der Waals surface area contributed by atoms with E-state index in [9.17, 15) is 9.59 Å². The van der Waals surface area contributed by atoms with Gasteiger partial charge in [-0.2, -0.15) is 0 Å². The minimum atomic E-state index is -1.66. The van der Waals surface area contributed by atoms with Crippen LogP contribution in [0.5, 0.6) is 0 Å². The highest BCUT2D eigenvalue weighted by molar-refractivity contribution is 7.10. The first-order valence-electron chi connectivity index (χ1n) is 2.75. The summed E-state index contributed by atoms with van der Waals surface area (Å²) in [5, 5.41) is 16.8. The van der Waals surface area contributed by atoms with Crippen LogP contribution in [-0.4, -0.2) is 27.8 Å². The number of rotatable bonds is 4. The highest BCUT2D eigenvalue weighted by Crippen LogP contribution is 2.18. The molecule has 0 spiro atoms. The van der Waals surface area contributed by atoms with E-state index in [1.807, 2.05) is 0 Å². The van der Waals surface area contributed by atoms with Gasteiger partial charge in [-0.05, 0) is 6.92 Å². The van der Waals surface area contributed by atoms with Gasteiger partial charge in [-0.15, -0.1) is 0 Å². The SMILES string of the molecule is CC(CC(=O)O)(OP)C(=O)O. The Kier molecular flexibility index (Phi) is 3.42. The number of carboxylic acid groups (broad SMARTS) is 2. The average molecular weight is 180 g/mol. The summed E-state index contributed by atoms with van der Waals surface area (Å²) in [6.45, 7) is 1.19. The fourth-order valence-electron chi connectivity index (χ4n) is 0.456. The maximum Gasteiger partial charge on any atom is 0.336 e. The minimum Gasteiger partial charge on any atom is -0.481 e. The van der Waals surface area contributed by atoms with Gasteiger partial charge in [0.1, 0.15) is 0 Å². The van der Waals surface area contributed by atoms with Crippen molar-refractivity contribution in [2.24, 2.45) is 0 Å². The summed E-state index contributed by atoms with van der Waals surface area (Å²) >= 11 is 0. The number of hydrogen-bond acceptors (Lipinski definition) is 3. The lowest BCUT2D eigenvalue weighted by Crippen LogP contribution is -2.37. The summed E-state index contributed by atoms with van der Waals surface area (Å²) in [5.41, 5.74) is -1.66. The van der Waals surface area contributed by atoms with E-state index in [0.29, 0.717) is 0 Å². The van der Waals surface area contributed by atoms with E-state index in [0.717, 1.165) is 0 Å². The van der Waals surface area contributed by atoms with Crippen LogP contribution in [0.4, 0.5) is 0 Å². The molecule has 0 aromatic carbocycles. The molecular weight excluding hydrogens is 171 g/mol. The first-order chi connectivity index (χ1) is 4.92. The van der Waals surface area contributed by atoms with Crippen LogP contribution in [0.1, 0.15) is 13.3 Å². The van der Waals surface area contributed by atoms with Crippen LogP contribution >= 0.6 is 9.47 Å². The summed E-state index contributed by atoms with van der Waals surface area (Å²) in [7, 11) is 1.74. The molecule has 5 nitrogen and oxygen atoms in total. The molecule has 0 rings (SSSR count). The Morgan fingerprint density at radius 3 is 2.09 bits per heavy atom. The van der Waals surface area contributed by atoms with Crippen molar-refractivity contribution in [1.82, 2.24) is 0 Å². The summed E-state index contributed by atoms with van der Waals surface area (Å²) in [4.78, 5) is 20.5. The Labute approximate surface area is 65.6 Å². The van der Waals surface area contributed by atoms with Crippen molar-refractivity contribution in [1.29, 1.82) is 0 Å². The predicted octanol–water partition coefficient (Wildman–Crippen LogP) is 0.111. The van der Waals surface area contributed by atoms with Crippen LogP contribution in [0.3, 0.4) is 0 Å². The van der Waals surface area contributed by atoms with Gasteiger partial charge in [-0.3, -0.25) is 4.79 Å². The largest absolute Gasteiger partial charge is 0.481 e. The van der Waals surface area contributed by atoms with Gasteiger partial charge in [0, 0.05) is 9.47 Å². The van der Waals surface area contributed by atoms with Gasteiger partial charge in [0.05, 0.1) is 6.42 Å². The summed E-state index contributed by atoms with van der Waals surface area (Å²) in [5.74, 6) is -2.51. The van der Waals surface area contributed by atoms with Crippen molar-refractivity contribution in [3.05, 3.63) is 0 Å². The van der Waals surface area contributed by atoms with Crippen molar-refractivity contribution < 1.29 is 24.3 Å². The lowest BCUT2D eigenvalue weighted by atomic mass is 10.0. The molecule has 0 saturated heterocycles. The summed E-state index contributed by atoms with van der Waals surface area (Å²) < 4.78 is 4.45. The lowest BCUT2D eigenvalue weighted by molar-refractivity contribution is -0.159. The van der Waals surface area contributed by atoms with Gasteiger partial charge >= 0.3 is 11.9 Å². The Bertz CT molecular complexity index is 180. The van der Waals surface area contributed by atoms with E-state index in [1.54, 1.807) is 9.47 Å². The zero-order valence-electron chi connectivity index (χ0n) is 5.90. The van der Waals surface area contributed by atoms with Crippen LogP contribution in [0, 0.1) is 0 Å². The molecular formula is C5H9O5P. The van der Waals surface area contributed by atoms with Crippen LogP contribution in [0.2, 0.25) is 0 Å². The highest BCUT2D eigenvalue weighted by Gasteiger charge is 2.35. The third-order valence-electron chi connectivity index (χ3n) is 1.20. The van der Waals surface area contributed by atoms with Crippen LogP contribution < -0.4 is 0 Å². The molecule has 0 heterocycles. The Morgan fingerprint density at radius 1 is 1.55 bits per heavy atom. The summed E-state index contributed by atoms with van der Waals surface area (Å²) in [6, 6.07) is 0. The highest BCUT2D eigenvalue weighted by atomic mass is 31.0. The second-order valence-corrected chi connectivity index (χ2v) is 2.46. The van der Waals surface area contributed by atoms with Gasteiger partial charge in [0.25, 0.3) is 0 Å². The molecule has 0 aromatic heterocycles. The van der Waals surface area contributed by atoms with E-state index >= 15 is 0 Å². The Balaban J connectivity index is 4.34. The summed E-state index contributed by atoms with van der Waals surface area (Å²) in [6.07, 6.45) is -0.564. The monoisotopic (exact) mass is 180 g/mol. The Hall–Kier alpha value is -0.670. The number of hydrogen-bond donors (Lipinski definition) is 2. The molecule has 2 N–H and O–H groups in total. The van der Waals surface area contributed by atoms with Gasteiger partial charge in [-0.1, -0.05) is 0 Å². The molecule has 0 aromatic rings. The molecule has 2 unspecified atom stereocenters. The van der Waals surface area contributed by atoms with Crippen molar-refractivity contribution in [2.45, 2.75) is 18.9 Å². The molecule has 0 radical (unpaired) electrons. The maximum absolute atomic E-state index is 10.4. The number of carboxylic acids is 2. The van der Waals surface area contributed by atoms with Gasteiger partial charge < -0.3 is 14.7 Å². The number of carbonyl (C=O) groups is 2. The van der Waals surface area contributed by atoms with E-state index in [4.69, 9.17) is 10.2 Å². The van der Waals surface area contributed by atoms with Crippen LogP contribution in [-0.2, 0) is 14.1 Å². The molecule has 0 aliphatic heterocycles. The minimum absolute atomic E-state index is 0.564. The topological polar surface area (TPSA) is 83.8 Å². The molecule has 64 valence electrons. The molecule has 11 heavy (non-hydrogen) atoms. The fourth-order valence-corrected chi connectivity index (χ4v) is 0.640. The van der Waals surface area contributed by atoms with Crippen LogP contribution in [0.25, 0.3) is 0 Å². The third kappa shape index (κ3) is 2.82. The first kappa shape index (κ1) is 10.3. The second kappa shape index (κ2) is 3.64.